The second-order valence-corrected chi connectivity index (χ2v) is 3.24. The first-order valence-electron chi connectivity index (χ1n) is 3.90. The zero-order chi connectivity index (χ0) is 8.81. The Morgan fingerprint density at radius 1 is 1.33 bits per heavy atom. The molecule has 2 nitrogen and oxygen atoms in total. The van der Waals surface area contributed by atoms with Crippen LogP contribution in [0.25, 0.3) is 0 Å². The van der Waals surface area contributed by atoms with E-state index in [9.17, 15) is 0 Å². The van der Waals surface area contributed by atoms with E-state index < -0.39 is 0 Å². The molecule has 0 amide bonds. The average molecular weight is 183 g/mol. The van der Waals surface area contributed by atoms with Crippen LogP contribution in [0.2, 0.25) is 0 Å². The third-order valence-electron chi connectivity index (χ3n) is 1.39. The molecule has 66 valence electrons. The molecule has 1 aromatic rings. The number of ether oxygens (including phenoxy) is 1. The maximum Gasteiger partial charge on any atom is 0.118 e. The number of nitrogens with one attached hydrogen (secondary N) is 1. The van der Waals surface area contributed by atoms with Crippen molar-refractivity contribution in [1.82, 2.24) is 4.72 Å². The fourth-order valence-corrected chi connectivity index (χ4v) is 1.38. The molecule has 0 fully saturated rings. The molecule has 0 aliphatic carbocycles. The molecule has 0 saturated carbocycles. The van der Waals surface area contributed by atoms with Gasteiger partial charge >= 0.3 is 0 Å². The Bertz CT molecular complexity index is 222. The molecule has 0 radical (unpaired) electrons. The molecule has 0 bridgehead atoms. The summed E-state index contributed by atoms with van der Waals surface area (Å²) in [6.07, 6.45) is 0. The highest BCUT2D eigenvalue weighted by Gasteiger charge is 1.92. The third kappa shape index (κ3) is 2.75. The van der Waals surface area contributed by atoms with E-state index in [2.05, 4.69) is 11.6 Å². The summed E-state index contributed by atoms with van der Waals surface area (Å²) in [6.45, 7) is 3.05. The zero-order valence-electron chi connectivity index (χ0n) is 7.33. The van der Waals surface area contributed by atoms with E-state index in [0.717, 1.165) is 12.3 Å². The van der Waals surface area contributed by atoms with Gasteiger partial charge in [-0.05, 0) is 36.2 Å². The average Bonchev–Trinajstić information content (AvgIpc) is 2.15. The van der Waals surface area contributed by atoms with Gasteiger partial charge in [-0.2, -0.15) is 0 Å². The van der Waals surface area contributed by atoms with Crippen LogP contribution in [0.5, 0.6) is 5.75 Å². The van der Waals surface area contributed by atoms with Gasteiger partial charge in [-0.3, -0.25) is 4.72 Å². The van der Waals surface area contributed by atoms with Gasteiger partial charge in [0.25, 0.3) is 0 Å². The van der Waals surface area contributed by atoms with Crippen LogP contribution in [0, 0.1) is 0 Å². The largest absolute Gasteiger partial charge is 0.497 e. The van der Waals surface area contributed by atoms with Crippen LogP contribution in [0.3, 0.4) is 0 Å². The SMILES string of the molecule is CCNSc1ccc(OC)cc1. The van der Waals surface area contributed by atoms with Gasteiger partial charge in [0.05, 0.1) is 7.11 Å². The normalized spacial score (nSPS) is 9.83. The Balaban J connectivity index is 2.53. The molecule has 0 aliphatic heterocycles. The number of hydrogen-bond donors (Lipinski definition) is 1. The van der Waals surface area contributed by atoms with Crippen LogP contribution < -0.4 is 9.46 Å². The summed E-state index contributed by atoms with van der Waals surface area (Å²) < 4.78 is 8.22. The summed E-state index contributed by atoms with van der Waals surface area (Å²) in [5.41, 5.74) is 0. The molecule has 0 aromatic heterocycles. The standard InChI is InChI=1S/C9H13NOS/c1-3-10-12-9-6-4-8(11-2)5-7-9/h4-7,10H,3H2,1-2H3. The second-order valence-electron chi connectivity index (χ2n) is 2.28. The number of methoxy groups -OCH3 is 1. The van der Waals surface area contributed by atoms with Crippen LogP contribution in [-0.4, -0.2) is 13.7 Å². The van der Waals surface area contributed by atoms with Gasteiger partial charge in [0, 0.05) is 11.4 Å². The van der Waals surface area contributed by atoms with Gasteiger partial charge in [0.1, 0.15) is 5.75 Å². The number of hydrogen-bond acceptors (Lipinski definition) is 3. The predicted octanol–water partition coefficient (Wildman–Crippen LogP) is 2.31. The lowest BCUT2D eigenvalue weighted by molar-refractivity contribution is 0.414. The highest BCUT2D eigenvalue weighted by atomic mass is 32.2. The Morgan fingerprint density at radius 2 is 2.00 bits per heavy atom. The molecule has 12 heavy (non-hydrogen) atoms. The highest BCUT2D eigenvalue weighted by molar-refractivity contribution is 7.97. The minimum atomic E-state index is 0.899. The van der Waals surface area contributed by atoms with Crippen molar-refractivity contribution in [1.29, 1.82) is 0 Å². The summed E-state index contributed by atoms with van der Waals surface area (Å²) in [4.78, 5) is 1.21. The quantitative estimate of drug-likeness (QED) is 0.724. The van der Waals surface area contributed by atoms with Gasteiger partial charge in [-0.25, -0.2) is 0 Å². The molecule has 0 heterocycles. The van der Waals surface area contributed by atoms with Crippen molar-refractivity contribution in [2.75, 3.05) is 13.7 Å². The predicted molar refractivity (Wildman–Crippen MR) is 52.5 cm³/mol. The molecule has 0 unspecified atom stereocenters. The Hall–Kier alpha value is -0.670. The Morgan fingerprint density at radius 3 is 2.50 bits per heavy atom. The summed E-state index contributed by atoms with van der Waals surface area (Å²) in [7, 11) is 1.67. The van der Waals surface area contributed by atoms with Crippen molar-refractivity contribution in [2.24, 2.45) is 0 Å². The van der Waals surface area contributed by atoms with Crippen molar-refractivity contribution >= 4 is 11.9 Å². The molecule has 1 aromatic carbocycles. The molecule has 1 rings (SSSR count). The zero-order valence-corrected chi connectivity index (χ0v) is 8.15. The lowest BCUT2D eigenvalue weighted by Crippen LogP contribution is -1.99. The van der Waals surface area contributed by atoms with E-state index in [4.69, 9.17) is 4.74 Å². The molecule has 1 N–H and O–H groups in total. The van der Waals surface area contributed by atoms with Gasteiger partial charge < -0.3 is 4.74 Å². The first-order chi connectivity index (χ1) is 5.86. The molecule has 0 saturated heterocycles. The number of rotatable bonds is 4. The molecule has 0 aliphatic rings. The van der Waals surface area contributed by atoms with Crippen LogP contribution in [0.1, 0.15) is 6.92 Å². The molecule has 3 heteroatoms. The summed E-state index contributed by atoms with van der Waals surface area (Å²) in [5, 5.41) is 0. The van der Waals surface area contributed by atoms with E-state index >= 15 is 0 Å². The van der Waals surface area contributed by atoms with E-state index in [-0.39, 0.29) is 0 Å². The number of benzene rings is 1. The van der Waals surface area contributed by atoms with E-state index in [1.54, 1.807) is 19.1 Å². The van der Waals surface area contributed by atoms with Crippen LogP contribution in [-0.2, 0) is 0 Å². The van der Waals surface area contributed by atoms with Crippen molar-refractivity contribution < 1.29 is 4.74 Å². The fraction of sp³-hybridized carbons (Fsp3) is 0.333. The van der Waals surface area contributed by atoms with Crippen molar-refractivity contribution in [3.05, 3.63) is 24.3 Å². The van der Waals surface area contributed by atoms with Crippen molar-refractivity contribution in [2.45, 2.75) is 11.8 Å². The monoisotopic (exact) mass is 183 g/mol. The van der Waals surface area contributed by atoms with Gasteiger partial charge in [-0.15, -0.1) is 0 Å². The smallest absolute Gasteiger partial charge is 0.118 e. The Kier molecular flexibility index (Phi) is 3.97. The first kappa shape index (κ1) is 9.42. The van der Waals surface area contributed by atoms with Crippen LogP contribution in [0.15, 0.2) is 29.2 Å². The van der Waals surface area contributed by atoms with Crippen molar-refractivity contribution in [3.63, 3.8) is 0 Å². The van der Waals surface area contributed by atoms with E-state index in [1.165, 1.54) is 4.90 Å². The van der Waals surface area contributed by atoms with Gasteiger partial charge in [-0.1, -0.05) is 6.92 Å². The van der Waals surface area contributed by atoms with E-state index in [1.807, 2.05) is 24.3 Å². The summed E-state index contributed by atoms with van der Waals surface area (Å²) in [5.74, 6) is 0.899. The van der Waals surface area contributed by atoms with Crippen molar-refractivity contribution in [3.8, 4) is 5.75 Å². The van der Waals surface area contributed by atoms with Crippen LogP contribution >= 0.6 is 11.9 Å². The Labute approximate surface area is 77.4 Å². The highest BCUT2D eigenvalue weighted by Crippen LogP contribution is 2.18. The maximum absolute atomic E-state index is 5.04. The topological polar surface area (TPSA) is 21.3 Å². The molecule has 0 spiro atoms. The lowest BCUT2D eigenvalue weighted by Gasteiger charge is -2.02. The molecule has 0 atom stereocenters. The van der Waals surface area contributed by atoms with Gasteiger partial charge in [0.2, 0.25) is 0 Å². The summed E-state index contributed by atoms with van der Waals surface area (Å²) in [6, 6.07) is 7.98. The third-order valence-corrected chi connectivity index (χ3v) is 2.33. The maximum atomic E-state index is 5.04. The van der Waals surface area contributed by atoms with Gasteiger partial charge in [0.15, 0.2) is 0 Å². The van der Waals surface area contributed by atoms with E-state index in [0.29, 0.717) is 0 Å². The first-order valence-corrected chi connectivity index (χ1v) is 4.72. The lowest BCUT2D eigenvalue weighted by atomic mass is 10.3. The summed E-state index contributed by atoms with van der Waals surface area (Å²) >= 11 is 1.63. The molecular weight excluding hydrogens is 170 g/mol. The fourth-order valence-electron chi connectivity index (χ4n) is 0.799. The minimum absolute atomic E-state index is 0.899. The van der Waals surface area contributed by atoms with Crippen LogP contribution in [0.4, 0.5) is 0 Å². The second kappa shape index (κ2) is 5.06. The molecular formula is C9H13NOS. The minimum Gasteiger partial charge on any atom is -0.497 e.